The van der Waals surface area contributed by atoms with E-state index >= 15 is 0 Å². The molecule has 1 aromatic rings. The van der Waals surface area contributed by atoms with Crippen molar-refractivity contribution in [3.05, 3.63) is 29.3 Å². The SMILES string of the molecule is Cc1ccc(S(C)(=O)=O)cc1C(=O)NC(CCC(=O)O)CC1CCCCC1. The highest BCUT2D eigenvalue weighted by molar-refractivity contribution is 7.90. The third kappa shape index (κ3) is 6.65. The lowest BCUT2D eigenvalue weighted by molar-refractivity contribution is -0.137. The van der Waals surface area contributed by atoms with Crippen LogP contribution in [0.5, 0.6) is 0 Å². The minimum Gasteiger partial charge on any atom is -0.481 e. The van der Waals surface area contributed by atoms with E-state index in [2.05, 4.69) is 5.32 Å². The molecule has 0 aromatic heterocycles. The van der Waals surface area contributed by atoms with Crippen molar-refractivity contribution in [3.63, 3.8) is 0 Å². The Hall–Kier alpha value is -1.89. The number of sulfone groups is 1. The van der Waals surface area contributed by atoms with Crippen LogP contribution in [0.1, 0.15) is 67.3 Å². The molecule has 27 heavy (non-hydrogen) atoms. The van der Waals surface area contributed by atoms with Crippen LogP contribution in [-0.2, 0) is 14.6 Å². The zero-order valence-electron chi connectivity index (χ0n) is 16.0. The average Bonchev–Trinajstić information content (AvgIpc) is 2.59. The number of carbonyl (C=O) groups is 2. The summed E-state index contributed by atoms with van der Waals surface area (Å²) in [7, 11) is -3.41. The summed E-state index contributed by atoms with van der Waals surface area (Å²) in [6.45, 7) is 1.76. The fourth-order valence-corrected chi connectivity index (χ4v) is 4.36. The molecule has 0 heterocycles. The van der Waals surface area contributed by atoms with Gasteiger partial charge >= 0.3 is 5.97 Å². The van der Waals surface area contributed by atoms with Crippen molar-refractivity contribution in [2.45, 2.75) is 69.2 Å². The molecule has 0 bridgehead atoms. The number of amides is 1. The predicted octanol–water partition coefficient (Wildman–Crippen LogP) is 3.33. The topological polar surface area (TPSA) is 101 Å². The molecule has 0 spiro atoms. The number of nitrogens with one attached hydrogen (secondary N) is 1. The number of hydrogen-bond donors (Lipinski definition) is 2. The first-order valence-corrected chi connectivity index (χ1v) is 11.4. The lowest BCUT2D eigenvalue weighted by Gasteiger charge is -2.27. The summed E-state index contributed by atoms with van der Waals surface area (Å²) >= 11 is 0. The van der Waals surface area contributed by atoms with Gasteiger partial charge in [-0.3, -0.25) is 9.59 Å². The molecule has 1 atom stereocenters. The first-order valence-electron chi connectivity index (χ1n) is 9.50. The normalized spacial score (nSPS) is 16.7. The van der Waals surface area contributed by atoms with Crippen molar-refractivity contribution < 1.29 is 23.1 Å². The number of carbonyl (C=O) groups excluding carboxylic acids is 1. The van der Waals surface area contributed by atoms with Gasteiger partial charge in [-0.05, 0) is 43.4 Å². The zero-order chi connectivity index (χ0) is 20.0. The zero-order valence-corrected chi connectivity index (χ0v) is 16.8. The van der Waals surface area contributed by atoms with Crippen molar-refractivity contribution in [3.8, 4) is 0 Å². The second kappa shape index (κ2) is 9.35. The van der Waals surface area contributed by atoms with E-state index in [0.717, 1.165) is 25.5 Å². The second-order valence-electron chi connectivity index (χ2n) is 7.59. The number of benzene rings is 1. The van der Waals surface area contributed by atoms with Crippen LogP contribution >= 0.6 is 0 Å². The maximum Gasteiger partial charge on any atom is 0.303 e. The predicted molar refractivity (Wildman–Crippen MR) is 104 cm³/mol. The summed E-state index contributed by atoms with van der Waals surface area (Å²) in [5.41, 5.74) is 1.01. The Morgan fingerprint density at radius 3 is 2.48 bits per heavy atom. The third-order valence-corrected chi connectivity index (χ3v) is 6.38. The van der Waals surface area contributed by atoms with Crippen LogP contribution in [0, 0.1) is 12.8 Å². The summed E-state index contributed by atoms with van der Waals surface area (Å²) in [5, 5.41) is 12.0. The highest BCUT2D eigenvalue weighted by Crippen LogP contribution is 2.28. The monoisotopic (exact) mass is 395 g/mol. The lowest BCUT2D eigenvalue weighted by atomic mass is 9.84. The largest absolute Gasteiger partial charge is 0.481 e. The summed E-state index contributed by atoms with van der Waals surface area (Å²) in [6.07, 6.45) is 8.08. The molecule has 1 fully saturated rings. The maximum atomic E-state index is 12.8. The Balaban J connectivity index is 2.14. The average molecular weight is 396 g/mol. The quantitative estimate of drug-likeness (QED) is 0.703. The number of hydrogen-bond acceptors (Lipinski definition) is 4. The summed E-state index contributed by atoms with van der Waals surface area (Å²) in [6, 6.07) is 4.29. The molecule has 1 aliphatic carbocycles. The Labute approximate surface area is 161 Å². The highest BCUT2D eigenvalue weighted by Gasteiger charge is 2.23. The molecule has 0 saturated heterocycles. The van der Waals surface area contributed by atoms with Crippen molar-refractivity contribution in [1.29, 1.82) is 0 Å². The van der Waals surface area contributed by atoms with Gasteiger partial charge in [0.2, 0.25) is 0 Å². The molecule has 150 valence electrons. The van der Waals surface area contributed by atoms with Crippen LogP contribution < -0.4 is 5.32 Å². The number of carboxylic acid groups (broad SMARTS) is 1. The summed E-state index contributed by atoms with van der Waals surface area (Å²) < 4.78 is 23.6. The van der Waals surface area contributed by atoms with E-state index in [9.17, 15) is 18.0 Å². The molecule has 2 N–H and O–H groups in total. The fourth-order valence-electron chi connectivity index (χ4n) is 3.71. The Bertz CT molecular complexity index is 782. The van der Waals surface area contributed by atoms with E-state index in [4.69, 9.17) is 5.11 Å². The molecule has 6 nitrogen and oxygen atoms in total. The van der Waals surface area contributed by atoms with E-state index in [1.165, 1.54) is 31.4 Å². The van der Waals surface area contributed by atoms with Crippen LogP contribution in [0.15, 0.2) is 23.1 Å². The third-order valence-electron chi connectivity index (χ3n) is 5.27. The molecule has 0 aliphatic heterocycles. The van der Waals surface area contributed by atoms with E-state index in [0.29, 0.717) is 23.5 Å². The van der Waals surface area contributed by atoms with Crippen molar-refractivity contribution in [1.82, 2.24) is 5.32 Å². The van der Waals surface area contributed by atoms with Crippen LogP contribution in [0.3, 0.4) is 0 Å². The standard InChI is InChI=1S/C20H29NO5S/c1-14-8-10-17(27(2,25)26)13-18(14)20(24)21-16(9-11-19(22)23)12-15-6-4-3-5-7-15/h8,10,13,15-16H,3-7,9,11-12H2,1-2H3,(H,21,24)(H,22,23). The Kier molecular flexibility index (Phi) is 7.41. The maximum absolute atomic E-state index is 12.8. The Morgan fingerprint density at radius 1 is 1.22 bits per heavy atom. The number of aliphatic carboxylic acids is 1. The smallest absolute Gasteiger partial charge is 0.303 e. The van der Waals surface area contributed by atoms with Crippen LogP contribution in [0.25, 0.3) is 0 Å². The second-order valence-corrected chi connectivity index (χ2v) is 9.61. The van der Waals surface area contributed by atoms with E-state index < -0.39 is 15.8 Å². The highest BCUT2D eigenvalue weighted by atomic mass is 32.2. The van der Waals surface area contributed by atoms with Crippen LogP contribution in [0.2, 0.25) is 0 Å². The van der Waals surface area contributed by atoms with Gasteiger partial charge < -0.3 is 10.4 Å². The van der Waals surface area contributed by atoms with Crippen molar-refractivity contribution in [2.24, 2.45) is 5.92 Å². The van der Waals surface area contributed by atoms with Gasteiger partial charge in [-0.25, -0.2) is 8.42 Å². The van der Waals surface area contributed by atoms with Gasteiger partial charge in [-0.1, -0.05) is 38.2 Å². The minimum absolute atomic E-state index is 0.0000275. The number of carboxylic acids is 1. The fraction of sp³-hybridized carbons (Fsp3) is 0.600. The van der Waals surface area contributed by atoms with E-state index in [-0.39, 0.29) is 23.3 Å². The minimum atomic E-state index is -3.41. The first-order chi connectivity index (χ1) is 12.7. The molecule has 1 aromatic carbocycles. The Morgan fingerprint density at radius 2 is 1.89 bits per heavy atom. The molecule has 1 saturated carbocycles. The van der Waals surface area contributed by atoms with Gasteiger partial charge in [0.15, 0.2) is 9.84 Å². The van der Waals surface area contributed by atoms with Gasteiger partial charge in [0, 0.05) is 24.3 Å². The molecule has 2 rings (SSSR count). The molecule has 0 radical (unpaired) electrons. The van der Waals surface area contributed by atoms with Gasteiger partial charge in [-0.2, -0.15) is 0 Å². The number of aryl methyl sites for hydroxylation is 1. The number of rotatable bonds is 8. The van der Waals surface area contributed by atoms with Crippen molar-refractivity contribution in [2.75, 3.05) is 6.26 Å². The van der Waals surface area contributed by atoms with Crippen LogP contribution in [0.4, 0.5) is 0 Å². The summed E-state index contributed by atoms with van der Waals surface area (Å²) in [5.74, 6) is -0.723. The molecule has 1 unspecified atom stereocenters. The molecular weight excluding hydrogens is 366 g/mol. The van der Waals surface area contributed by atoms with E-state index in [1.54, 1.807) is 13.0 Å². The molecular formula is C20H29NO5S. The molecule has 1 aliphatic rings. The first kappa shape index (κ1) is 21.4. The van der Waals surface area contributed by atoms with E-state index in [1.807, 2.05) is 0 Å². The summed E-state index contributed by atoms with van der Waals surface area (Å²) in [4.78, 5) is 23.9. The molecule has 1 amide bonds. The van der Waals surface area contributed by atoms with Gasteiger partial charge in [0.25, 0.3) is 5.91 Å². The van der Waals surface area contributed by atoms with Gasteiger partial charge in [-0.15, -0.1) is 0 Å². The van der Waals surface area contributed by atoms with Gasteiger partial charge in [0.1, 0.15) is 0 Å². The van der Waals surface area contributed by atoms with Crippen LogP contribution in [-0.4, -0.2) is 37.7 Å². The lowest BCUT2D eigenvalue weighted by Crippen LogP contribution is -2.37. The van der Waals surface area contributed by atoms with Gasteiger partial charge in [0.05, 0.1) is 4.90 Å². The molecule has 7 heteroatoms. The van der Waals surface area contributed by atoms with Crippen molar-refractivity contribution >= 4 is 21.7 Å².